The van der Waals surface area contributed by atoms with Crippen LogP contribution in [-0.4, -0.2) is 5.78 Å². The lowest BCUT2D eigenvalue weighted by molar-refractivity contribution is -0.139. The number of ketones is 1. The van der Waals surface area contributed by atoms with Crippen molar-refractivity contribution in [3.05, 3.63) is 35.9 Å². The molecule has 140 valence electrons. The molecule has 7 atom stereocenters. The highest BCUT2D eigenvalue weighted by atomic mass is 16.1. The fourth-order valence-corrected chi connectivity index (χ4v) is 8.06. The van der Waals surface area contributed by atoms with Crippen LogP contribution in [0.5, 0.6) is 0 Å². The number of rotatable bonds is 1. The molecule has 4 fully saturated rings. The van der Waals surface area contributed by atoms with Crippen LogP contribution < -0.4 is 0 Å². The SMILES string of the molecule is C[C@]12CC[C@@H](c3ccccc3)C[C@H]1CC[C@@H]1[C@@H]2CC[C@]2(C)C(=O)CC[C@@H]12. The van der Waals surface area contributed by atoms with E-state index in [1.807, 2.05) is 0 Å². The van der Waals surface area contributed by atoms with Gasteiger partial charge in [-0.1, -0.05) is 44.2 Å². The summed E-state index contributed by atoms with van der Waals surface area (Å²) in [6.07, 6.45) is 11.5. The maximum atomic E-state index is 12.6. The average Bonchev–Trinajstić information content (AvgIpc) is 2.97. The summed E-state index contributed by atoms with van der Waals surface area (Å²) in [5.41, 5.74) is 2.13. The zero-order valence-corrected chi connectivity index (χ0v) is 16.5. The molecule has 0 aliphatic heterocycles. The van der Waals surface area contributed by atoms with E-state index in [1.165, 1.54) is 51.4 Å². The lowest BCUT2D eigenvalue weighted by atomic mass is 9.44. The Balaban J connectivity index is 1.39. The molecule has 1 aromatic carbocycles. The number of fused-ring (bicyclic) bond motifs is 5. The van der Waals surface area contributed by atoms with Crippen LogP contribution in [0, 0.1) is 34.5 Å². The van der Waals surface area contributed by atoms with Crippen LogP contribution in [0.4, 0.5) is 0 Å². The Bertz CT molecular complexity index is 693. The van der Waals surface area contributed by atoms with Crippen LogP contribution in [0.3, 0.4) is 0 Å². The van der Waals surface area contributed by atoms with Crippen molar-refractivity contribution in [2.45, 2.75) is 77.6 Å². The Labute approximate surface area is 159 Å². The Kier molecular flexibility index (Phi) is 3.89. The number of carbonyl (C=O) groups is 1. The lowest BCUT2D eigenvalue weighted by Gasteiger charge is -2.60. The quantitative estimate of drug-likeness (QED) is 0.574. The van der Waals surface area contributed by atoms with Gasteiger partial charge >= 0.3 is 0 Å². The normalized spacial score (nSPS) is 47.8. The molecule has 4 saturated carbocycles. The van der Waals surface area contributed by atoms with E-state index in [4.69, 9.17) is 0 Å². The van der Waals surface area contributed by atoms with E-state index in [2.05, 4.69) is 44.2 Å². The fourth-order valence-electron chi connectivity index (χ4n) is 8.06. The summed E-state index contributed by atoms with van der Waals surface area (Å²) in [7, 11) is 0. The standard InChI is InChI=1S/C25H34O/c1-24-14-12-18(17-6-4-3-5-7-17)16-19(24)8-9-20-21-10-11-23(26)25(21,2)15-13-22(20)24/h3-7,18-22H,8-16H2,1-2H3/t18-,19-,20+,21+,22+,24+,25+/m1/s1. The summed E-state index contributed by atoms with van der Waals surface area (Å²) in [6.45, 7) is 4.94. The first kappa shape index (κ1) is 17.0. The Morgan fingerprint density at radius 1 is 0.885 bits per heavy atom. The molecule has 0 spiro atoms. The Morgan fingerprint density at radius 2 is 1.69 bits per heavy atom. The topological polar surface area (TPSA) is 17.1 Å². The van der Waals surface area contributed by atoms with Crippen molar-refractivity contribution in [3.8, 4) is 0 Å². The third kappa shape index (κ3) is 2.31. The van der Waals surface area contributed by atoms with Gasteiger partial charge in [0.2, 0.25) is 0 Å². The van der Waals surface area contributed by atoms with Crippen LogP contribution in [-0.2, 0) is 4.79 Å². The molecule has 0 heterocycles. The van der Waals surface area contributed by atoms with E-state index >= 15 is 0 Å². The predicted octanol–water partition coefficient (Wildman–Crippen LogP) is 6.38. The van der Waals surface area contributed by atoms with Crippen LogP contribution >= 0.6 is 0 Å². The van der Waals surface area contributed by atoms with Gasteiger partial charge in [-0.3, -0.25) is 4.79 Å². The summed E-state index contributed by atoms with van der Waals surface area (Å²) in [5.74, 6) is 4.65. The smallest absolute Gasteiger partial charge is 0.139 e. The van der Waals surface area contributed by atoms with Gasteiger partial charge in [0.15, 0.2) is 0 Å². The van der Waals surface area contributed by atoms with Crippen LogP contribution in [0.1, 0.15) is 83.1 Å². The summed E-state index contributed by atoms with van der Waals surface area (Å²) >= 11 is 0. The highest BCUT2D eigenvalue weighted by Crippen LogP contribution is 2.66. The fraction of sp³-hybridized carbons (Fsp3) is 0.720. The van der Waals surface area contributed by atoms with Crippen LogP contribution in [0.25, 0.3) is 0 Å². The molecule has 1 heteroatoms. The van der Waals surface area contributed by atoms with Gasteiger partial charge in [-0.05, 0) is 91.9 Å². The second-order valence-corrected chi connectivity index (χ2v) is 10.5. The molecule has 0 aromatic heterocycles. The van der Waals surface area contributed by atoms with Gasteiger partial charge in [0, 0.05) is 11.8 Å². The first-order valence-electron chi connectivity index (χ1n) is 11.1. The number of hydrogen-bond donors (Lipinski definition) is 0. The average molecular weight is 351 g/mol. The number of carbonyl (C=O) groups excluding carboxylic acids is 1. The lowest BCUT2D eigenvalue weighted by Crippen LogP contribution is -2.53. The highest BCUT2D eigenvalue weighted by molar-refractivity contribution is 5.87. The minimum atomic E-state index is 0.0333. The van der Waals surface area contributed by atoms with Crippen molar-refractivity contribution in [2.24, 2.45) is 34.5 Å². The monoisotopic (exact) mass is 350 g/mol. The molecule has 5 rings (SSSR count). The van der Waals surface area contributed by atoms with E-state index in [0.717, 1.165) is 30.1 Å². The summed E-state index contributed by atoms with van der Waals surface area (Å²) in [5, 5.41) is 0. The van der Waals surface area contributed by atoms with Crippen molar-refractivity contribution >= 4 is 5.78 Å². The molecule has 1 nitrogen and oxygen atoms in total. The third-order valence-corrected chi connectivity index (χ3v) is 9.65. The van der Waals surface area contributed by atoms with Crippen molar-refractivity contribution in [3.63, 3.8) is 0 Å². The largest absolute Gasteiger partial charge is 0.299 e. The zero-order chi connectivity index (χ0) is 17.9. The van der Waals surface area contributed by atoms with Crippen molar-refractivity contribution in [1.82, 2.24) is 0 Å². The molecule has 0 N–H and O–H groups in total. The first-order valence-corrected chi connectivity index (χ1v) is 11.1. The molecular formula is C25H34O. The molecule has 1 aromatic rings. The van der Waals surface area contributed by atoms with Gasteiger partial charge < -0.3 is 0 Å². The molecule has 4 aliphatic carbocycles. The van der Waals surface area contributed by atoms with Crippen LogP contribution in [0.2, 0.25) is 0 Å². The molecular weight excluding hydrogens is 316 g/mol. The Morgan fingerprint density at radius 3 is 2.50 bits per heavy atom. The molecule has 0 bridgehead atoms. The van der Waals surface area contributed by atoms with E-state index in [9.17, 15) is 4.79 Å². The molecule has 0 unspecified atom stereocenters. The van der Waals surface area contributed by atoms with E-state index < -0.39 is 0 Å². The first-order chi connectivity index (χ1) is 12.5. The molecule has 4 aliphatic rings. The maximum absolute atomic E-state index is 12.6. The second kappa shape index (κ2) is 5.94. The summed E-state index contributed by atoms with van der Waals surface area (Å²) in [6, 6.07) is 11.2. The molecule has 0 saturated heterocycles. The van der Waals surface area contributed by atoms with Gasteiger partial charge in [0.1, 0.15) is 5.78 Å². The van der Waals surface area contributed by atoms with Crippen molar-refractivity contribution in [2.75, 3.05) is 0 Å². The summed E-state index contributed by atoms with van der Waals surface area (Å²) < 4.78 is 0. The number of Topliss-reactive ketones (excluding diaryl/α,β-unsaturated/α-hetero) is 1. The maximum Gasteiger partial charge on any atom is 0.139 e. The molecule has 0 radical (unpaired) electrons. The second-order valence-electron chi connectivity index (χ2n) is 10.5. The minimum absolute atomic E-state index is 0.0333. The van der Waals surface area contributed by atoms with Gasteiger partial charge in [0.05, 0.1) is 0 Å². The zero-order valence-electron chi connectivity index (χ0n) is 16.5. The molecule has 0 amide bonds. The van der Waals surface area contributed by atoms with Gasteiger partial charge in [-0.15, -0.1) is 0 Å². The highest BCUT2D eigenvalue weighted by Gasteiger charge is 2.60. The van der Waals surface area contributed by atoms with Crippen molar-refractivity contribution < 1.29 is 4.79 Å². The van der Waals surface area contributed by atoms with Gasteiger partial charge in [0.25, 0.3) is 0 Å². The number of benzene rings is 1. The number of hydrogen-bond acceptors (Lipinski definition) is 1. The van der Waals surface area contributed by atoms with Crippen molar-refractivity contribution in [1.29, 1.82) is 0 Å². The van der Waals surface area contributed by atoms with Gasteiger partial charge in [-0.25, -0.2) is 0 Å². The minimum Gasteiger partial charge on any atom is -0.299 e. The third-order valence-electron chi connectivity index (χ3n) is 9.65. The molecule has 26 heavy (non-hydrogen) atoms. The summed E-state index contributed by atoms with van der Waals surface area (Å²) in [4.78, 5) is 12.6. The van der Waals surface area contributed by atoms with Gasteiger partial charge in [-0.2, -0.15) is 0 Å². The Hall–Kier alpha value is -1.11. The van der Waals surface area contributed by atoms with E-state index in [1.54, 1.807) is 5.56 Å². The van der Waals surface area contributed by atoms with Crippen LogP contribution in [0.15, 0.2) is 30.3 Å². The van der Waals surface area contributed by atoms with E-state index in [-0.39, 0.29) is 5.41 Å². The van der Waals surface area contributed by atoms with E-state index in [0.29, 0.717) is 17.1 Å². The predicted molar refractivity (Wildman–Crippen MR) is 106 cm³/mol.